The first-order valence-electron chi connectivity index (χ1n) is 6.97. The highest BCUT2D eigenvalue weighted by Gasteiger charge is 2.31. The van der Waals surface area contributed by atoms with Crippen LogP contribution in [0.25, 0.3) is 11.0 Å². The summed E-state index contributed by atoms with van der Waals surface area (Å²) in [5.74, 6) is 1.47. The second kappa shape index (κ2) is 4.77. The molecule has 0 spiro atoms. The number of imidazole rings is 1. The summed E-state index contributed by atoms with van der Waals surface area (Å²) in [6.07, 6.45) is 2.51. The number of nitrogens with two attached hydrogens (primary N) is 1. The van der Waals surface area contributed by atoms with Crippen LogP contribution in [0.3, 0.4) is 0 Å². The fourth-order valence-corrected chi connectivity index (χ4v) is 4.65. The first-order chi connectivity index (χ1) is 9.50. The van der Waals surface area contributed by atoms with Gasteiger partial charge in [-0.05, 0) is 31.0 Å². The lowest BCUT2D eigenvalue weighted by Gasteiger charge is -2.15. The summed E-state index contributed by atoms with van der Waals surface area (Å²) in [6.45, 7) is 2.10. The van der Waals surface area contributed by atoms with Crippen LogP contribution in [-0.2, 0) is 16.3 Å². The molecule has 2 N–H and O–H groups in total. The highest BCUT2D eigenvalue weighted by Crippen LogP contribution is 2.30. The molecule has 1 saturated heterocycles. The van der Waals surface area contributed by atoms with Gasteiger partial charge in [0.1, 0.15) is 5.82 Å². The molecule has 0 bridgehead atoms. The van der Waals surface area contributed by atoms with Crippen molar-refractivity contribution < 1.29 is 8.42 Å². The summed E-state index contributed by atoms with van der Waals surface area (Å²) < 4.78 is 25.6. The molecule has 0 saturated carbocycles. The van der Waals surface area contributed by atoms with Crippen molar-refractivity contribution in [3.63, 3.8) is 0 Å². The summed E-state index contributed by atoms with van der Waals surface area (Å²) in [5.41, 5.74) is 8.34. The Labute approximate surface area is 118 Å². The van der Waals surface area contributed by atoms with Gasteiger partial charge in [0.25, 0.3) is 0 Å². The molecule has 1 fully saturated rings. The summed E-state index contributed by atoms with van der Waals surface area (Å²) >= 11 is 0. The minimum absolute atomic E-state index is 0.00942. The first-order valence-corrected chi connectivity index (χ1v) is 8.79. The monoisotopic (exact) mass is 293 g/mol. The molecule has 0 amide bonds. The number of hydrogen-bond donors (Lipinski definition) is 1. The molecular weight excluding hydrogens is 274 g/mol. The predicted molar refractivity (Wildman–Crippen MR) is 80.4 cm³/mol. The van der Waals surface area contributed by atoms with Crippen molar-refractivity contribution in [2.75, 3.05) is 17.2 Å². The molecule has 1 aliphatic heterocycles. The number of fused-ring (bicyclic) bond motifs is 1. The van der Waals surface area contributed by atoms with Crippen molar-refractivity contribution in [3.05, 3.63) is 24.0 Å². The van der Waals surface area contributed by atoms with Crippen molar-refractivity contribution in [1.82, 2.24) is 9.55 Å². The fraction of sp³-hybridized carbons (Fsp3) is 0.500. The van der Waals surface area contributed by atoms with Crippen molar-refractivity contribution in [3.8, 4) is 0 Å². The van der Waals surface area contributed by atoms with Crippen molar-refractivity contribution >= 4 is 26.6 Å². The van der Waals surface area contributed by atoms with Crippen LogP contribution in [0.5, 0.6) is 0 Å². The molecular formula is C14H19N3O2S. The molecule has 0 radical (unpaired) electrons. The van der Waals surface area contributed by atoms with Crippen LogP contribution < -0.4 is 5.73 Å². The molecule has 5 nitrogen and oxygen atoms in total. The molecule has 1 aromatic heterocycles. The molecule has 1 unspecified atom stereocenters. The minimum Gasteiger partial charge on any atom is -0.399 e. The summed E-state index contributed by atoms with van der Waals surface area (Å²) in [6, 6.07) is 5.66. The lowest BCUT2D eigenvalue weighted by Crippen LogP contribution is -2.14. The van der Waals surface area contributed by atoms with E-state index in [2.05, 4.69) is 16.5 Å². The number of sulfone groups is 1. The van der Waals surface area contributed by atoms with Crippen LogP contribution in [0.2, 0.25) is 0 Å². The maximum atomic E-state index is 11.7. The average molecular weight is 293 g/mol. The molecule has 1 aliphatic rings. The van der Waals surface area contributed by atoms with E-state index in [1.807, 2.05) is 18.2 Å². The number of anilines is 1. The molecule has 1 aromatic carbocycles. The van der Waals surface area contributed by atoms with Crippen molar-refractivity contribution in [2.24, 2.45) is 0 Å². The highest BCUT2D eigenvalue weighted by molar-refractivity contribution is 7.91. The Kier molecular flexibility index (Phi) is 3.20. The van der Waals surface area contributed by atoms with E-state index >= 15 is 0 Å². The first kappa shape index (κ1) is 13.4. The highest BCUT2D eigenvalue weighted by atomic mass is 32.2. The smallest absolute Gasteiger partial charge is 0.152 e. The minimum atomic E-state index is -2.90. The molecule has 1 atom stereocenters. The topological polar surface area (TPSA) is 78.0 Å². The van der Waals surface area contributed by atoms with Gasteiger partial charge in [0.15, 0.2) is 9.84 Å². The van der Waals surface area contributed by atoms with Crippen molar-refractivity contribution in [2.45, 2.75) is 32.2 Å². The zero-order chi connectivity index (χ0) is 14.3. The number of rotatable bonds is 3. The molecule has 20 heavy (non-hydrogen) atoms. The molecule has 3 rings (SSSR count). The third kappa shape index (κ3) is 2.28. The van der Waals surface area contributed by atoms with Gasteiger partial charge in [0, 0.05) is 12.1 Å². The van der Waals surface area contributed by atoms with E-state index in [1.165, 1.54) is 0 Å². The Bertz CT molecular complexity index is 749. The van der Waals surface area contributed by atoms with Crippen LogP contribution >= 0.6 is 0 Å². The van der Waals surface area contributed by atoms with Gasteiger partial charge in [-0.15, -0.1) is 0 Å². The quantitative estimate of drug-likeness (QED) is 0.877. The van der Waals surface area contributed by atoms with Gasteiger partial charge in [-0.25, -0.2) is 13.4 Å². The van der Waals surface area contributed by atoms with E-state index in [4.69, 9.17) is 5.73 Å². The number of benzene rings is 1. The number of nitrogen functional groups attached to an aromatic ring is 1. The fourth-order valence-electron chi connectivity index (χ4n) is 2.95. The SMILES string of the molecule is CCCc1nc2cc(N)ccc2n1C1CCS(=O)(=O)C1. The summed E-state index contributed by atoms with van der Waals surface area (Å²) in [4.78, 5) is 4.64. The largest absolute Gasteiger partial charge is 0.399 e. The Hall–Kier alpha value is -1.56. The van der Waals surface area contributed by atoms with Gasteiger partial charge < -0.3 is 10.3 Å². The lowest BCUT2D eigenvalue weighted by molar-refractivity contribution is 0.542. The second-order valence-corrected chi connectivity index (χ2v) is 7.68. The van der Waals surface area contributed by atoms with Crippen LogP contribution in [0, 0.1) is 0 Å². The third-order valence-corrected chi connectivity index (χ3v) is 5.58. The van der Waals surface area contributed by atoms with Gasteiger partial charge in [0.05, 0.1) is 28.6 Å². The molecule has 2 heterocycles. The number of aromatic nitrogens is 2. The lowest BCUT2D eigenvalue weighted by atomic mass is 10.2. The van der Waals surface area contributed by atoms with E-state index < -0.39 is 9.84 Å². The molecule has 108 valence electrons. The summed E-state index contributed by atoms with van der Waals surface area (Å²) in [7, 11) is -2.90. The normalized spacial score (nSPS) is 21.6. The van der Waals surface area contributed by atoms with E-state index in [-0.39, 0.29) is 17.5 Å². The Morgan fingerprint density at radius 2 is 2.25 bits per heavy atom. The average Bonchev–Trinajstić information content (AvgIpc) is 2.89. The van der Waals surface area contributed by atoms with Crippen LogP contribution in [0.4, 0.5) is 5.69 Å². The maximum Gasteiger partial charge on any atom is 0.152 e. The van der Waals surface area contributed by atoms with Crippen LogP contribution in [0.1, 0.15) is 31.6 Å². The van der Waals surface area contributed by atoms with Gasteiger partial charge >= 0.3 is 0 Å². The molecule has 0 aliphatic carbocycles. The van der Waals surface area contributed by atoms with Gasteiger partial charge in [0.2, 0.25) is 0 Å². The summed E-state index contributed by atoms with van der Waals surface area (Å²) in [5, 5.41) is 0. The van der Waals surface area contributed by atoms with Gasteiger partial charge in [-0.2, -0.15) is 0 Å². The zero-order valence-corrected chi connectivity index (χ0v) is 12.4. The standard InChI is InChI=1S/C14H19N3O2S/c1-2-3-14-16-12-8-10(15)4-5-13(12)17(14)11-6-7-20(18,19)9-11/h4-5,8,11H,2-3,6-7,9,15H2,1H3. The van der Waals surface area contributed by atoms with E-state index in [0.29, 0.717) is 12.1 Å². The van der Waals surface area contributed by atoms with E-state index in [0.717, 1.165) is 29.7 Å². The van der Waals surface area contributed by atoms with E-state index in [9.17, 15) is 8.42 Å². The maximum absolute atomic E-state index is 11.7. The second-order valence-electron chi connectivity index (χ2n) is 5.45. The number of nitrogens with zero attached hydrogens (tertiary/aromatic N) is 2. The van der Waals surface area contributed by atoms with Crippen LogP contribution in [-0.4, -0.2) is 29.5 Å². The number of hydrogen-bond acceptors (Lipinski definition) is 4. The Balaban J connectivity index is 2.14. The van der Waals surface area contributed by atoms with Gasteiger partial charge in [-0.1, -0.05) is 6.92 Å². The predicted octanol–water partition coefficient (Wildman–Crippen LogP) is 1.93. The van der Waals surface area contributed by atoms with Crippen molar-refractivity contribution in [1.29, 1.82) is 0 Å². The van der Waals surface area contributed by atoms with Crippen LogP contribution in [0.15, 0.2) is 18.2 Å². The third-order valence-electron chi connectivity index (χ3n) is 3.83. The molecule has 2 aromatic rings. The number of aryl methyl sites for hydroxylation is 1. The van der Waals surface area contributed by atoms with Gasteiger partial charge in [-0.3, -0.25) is 0 Å². The Morgan fingerprint density at radius 1 is 1.45 bits per heavy atom. The Morgan fingerprint density at radius 3 is 2.90 bits per heavy atom. The zero-order valence-electron chi connectivity index (χ0n) is 11.5. The van der Waals surface area contributed by atoms with E-state index in [1.54, 1.807) is 0 Å². The molecule has 6 heteroatoms.